The molecule has 8 nitrogen and oxygen atoms in total. The quantitative estimate of drug-likeness (QED) is 0.549. The van der Waals surface area contributed by atoms with Gasteiger partial charge in [-0.25, -0.2) is 8.42 Å². The van der Waals surface area contributed by atoms with Gasteiger partial charge in [0, 0.05) is 25.2 Å². The number of hydrogen-bond acceptors (Lipinski definition) is 7. The normalized spacial score (nSPS) is 16.8. The number of fused-ring (bicyclic) bond motifs is 1. The number of sulfone groups is 1. The standard InChI is InChI=1S/C25H25NO7S/c27-24(22-9-7-19(33-22)15-34(28,29)20-4-2-1-3-5-20)26-16-25(10-12-30-13-11-25)18-6-8-21-23(14-18)32-17-31-21/h1-9,14H,10-13,15-17H2,(H,26,27). The van der Waals surface area contributed by atoms with Crippen LogP contribution in [-0.2, 0) is 25.7 Å². The van der Waals surface area contributed by atoms with Crippen molar-refractivity contribution in [3.05, 3.63) is 77.7 Å². The Morgan fingerprint density at radius 1 is 0.941 bits per heavy atom. The summed E-state index contributed by atoms with van der Waals surface area (Å²) in [4.78, 5) is 13.1. The van der Waals surface area contributed by atoms with Gasteiger partial charge in [-0.05, 0) is 54.8 Å². The van der Waals surface area contributed by atoms with Crippen molar-refractivity contribution >= 4 is 15.7 Å². The van der Waals surface area contributed by atoms with E-state index in [1.807, 2.05) is 18.2 Å². The Hall–Kier alpha value is -3.30. The number of carbonyl (C=O) groups is 1. The van der Waals surface area contributed by atoms with Crippen LogP contribution in [0.1, 0.15) is 34.7 Å². The molecular formula is C25H25NO7S. The van der Waals surface area contributed by atoms with E-state index in [4.69, 9.17) is 18.6 Å². The summed E-state index contributed by atoms with van der Waals surface area (Å²) in [6.45, 7) is 1.76. The molecule has 0 bridgehead atoms. The van der Waals surface area contributed by atoms with E-state index in [0.29, 0.717) is 31.3 Å². The zero-order valence-corrected chi connectivity index (χ0v) is 19.3. The van der Waals surface area contributed by atoms with Gasteiger partial charge < -0.3 is 23.9 Å². The van der Waals surface area contributed by atoms with Crippen molar-refractivity contribution in [1.82, 2.24) is 5.32 Å². The molecule has 0 unspecified atom stereocenters. The Bertz CT molecular complexity index is 1280. The second kappa shape index (κ2) is 9.15. The van der Waals surface area contributed by atoms with Crippen molar-refractivity contribution in [3.63, 3.8) is 0 Å². The van der Waals surface area contributed by atoms with Gasteiger partial charge in [-0.1, -0.05) is 24.3 Å². The number of nitrogens with one attached hydrogen (secondary N) is 1. The van der Waals surface area contributed by atoms with E-state index in [1.165, 1.54) is 24.3 Å². The van der Waals surface area contributed by atoms with Gasteiger partial charge in [0.1, 0.15) is 11.5 Å². The van der Waals surface area contributed by atoms with Crippen LogP contribution in [0.2, 0.25) is 0 Å². The summed E-state index contributed by atoms with van der Waals surface area (Å²) in [6, 6.07) is 17.1. The van der Waals surface area contributed by atoms with Crippen molar-refractivity contribution in [2.24, 2.45) is 0 Å². The average Bonchev–Trinajstić information content (AvgIpc) is 3.52. The first kappa shape index (κ1) is 22.5. The second-order valence-electron chi connectivity index (χ2n) is 8.48. The van der Waals surface area contributed by atoms with E-state index in [-0.39, 0.29) is 34.4 Å². The van der Waals surface area contributed by atoms with E-state index < -0.39 is 15.7 Å². The molecule has 2 aliphatic heterocycles. The van der Waals surface area contributed by atoms with Gasteiger partial charge in [0.05, 0.1) is 4.90 Å². The summed E-state index contributed by atoms with van der Waals surface area (Å²) < 4.78 is 47.3. The smallest absolute Gasteiger partial charge is 0.287 e. The fraction of sp³-hybridized carbons (Fsp3) is 0.320. The van der Waals surface area contributed by atoms with Gasteiger partial charge in [-0.2, -0.15) is 0 Å². The molecule has 2 aliphatic rings. The Labute approximate surface area is 197 Å². The third-order valence-electron chi connectivity index (χ3n) is 6.34. The molecule has 9 heteroatoms. The van der Waals surface area contributed by atoms with E-state index >= 15 is 0 Å². The molecule has 1 saturated heterocycles. The van der Waals surface area contributed by atoms with Crippen molar-refractivity contribution < 1.29 is 31.8 Å². The number of benzene rings is 2. The predicted molar refractivity (Wildman–Crippen MR) is 123 cm³/mol. The van der Waals surface area contributed by atoms with Crippen LogP contribution < -0.4 is 14.8 Å². The number of ether oxygens (including phenoxy) is 3. The van der Waals surface area contributed by atoms with E-state index in [0.717, 1.165) is 18.4 Å². The van der Waals surface area contributed by atoms with Gasteiger partial charge in [0.2, 0.25) is 6.79 Å². The Morgan fingerprint density at radius 3 is 2.50 bits per heavy atom. The largest absolute Gasteiger partial charge is 0.455 e. The number of amides is 1. The SMILES string of the molecule is O=C(NCC1(c2ccc3c(c2)OCO3)CCOCC1)c1ccc(CS(=O)(=O)c2ccccc2)o1. The second-order valence-corrected chi connectivity index (χ2v) is 10.5. The van der Waals surface area contributed by atoms with Crippen LogP contribution in [0, 0.1) is 0 Å². The number of carbonyl (C=O) groups excluding carboxylic acids is 1. The first-order valence-electron chi connectivity index (χ1n) is 11.1. The molecule has 0 atom stereocenters. The third kappa shape index (κ3) is 4.53. The van der Waals surface area contributed by atoms with Gasteiger partial charge in [-0.15, -0.1) is 0 Å². The Kier molecular flexibility index (Phi) is 6.05. The van der Waals surface area contributed by atoms with E-state index in [2.05, 4.69) is 5.32 Å². The van der Waals surface area contributed by atoms with Crippen molar-refractivity contribution in [2.45, 2.75) is 28.9 Å². The molecule has 0 spiro atoms. The molecule has 2 aromatic carbocycles. The van der Waals surface area contributed by atoms with Gasteiger partial charge >= 0.3 is 0 Å². The van der Waals surface area contributed by atoms with Crippen LogP contribution in [0.5, 0.6) is 11.5 Å². The molecule has 0 saturated carbocycles. The van der Waals surface area contributed by atoms with Crippen molar-refractivity contribution in [3.8, 4) is 11.5 Å². The van der Waals surface area contributed by atoms with E-state index in [9.17, 15) is 13.2 Å². The number of furan rings is 1. The topological polar surface area (TPSA) is 104 Å². The summed E-state index contributed by atoms with van der Waals surface area (Å²) >= 11 is 0. The first-order valence-corrected chi connectivity index (χ1v) is 12.7. The highest BCUT2D eigenvalue weighted by Gasteiger charge is 2.36. The molecule has 3 heterocycles. The van der Waals surface area contributed by atoms with Crippen LogP contribution in [0.3, 0.4) is 0 Å². The Morgan fingerprint density at radius 2 is 1.71 bits per heavy atom. The monoisotopic (exact) mass is 483 g/mol. The molecule has 0 aliphatic carbocycles. The number of hydrogen-bond donors (Lipinski definition) is 1. The maximum Gasteiger partial charge on any atom is 0.287 e. The Balaban J connectivity index is 1.29. The zero-order chi connectivity index (χ0) is 23.6. The lowest BCUT2D eigenvalue weighted by atomic mass is 9.74. The molecular weight excluding hydrogens is 458 g/mol. The first-order chi connectivity index (χ1) is 16.5. The minimum atomic E-state index is -3.57. The lowest BCUT2D eigenvalue weighted by Crippen LogP contribution is -2.44. The van der Waals surface area contributed by atoms with E-state index in [1.54, 1.807) is 18.2 Å². The molecule has 5 rings (SSSR count). The molecule has 34 heavy (non-hydrogen) atoms. The maximum atomic E-state index is 12.9. The summed E-state index contributed by atoms with van der Waals surface area (Å²) in [7, 11) is -3.57. The molecule has 0 radical (unpaired) electrons. The fourth-order valence-electron chi connectivity index (χ4n) is 4.37. The van der Waals surface area contributed by atoms with Gasteiger partial charge in [-0.3, -0.25) is 4.79 Å². The van der Waals surface area contributed by atoms with Gasteiger partial charge in [0.25, 0.3) is 5.91 Å². The minimum absolute atomic E-state index is 0.0751. The molecule has 1 N–H and O–H groups in total. The highest BCUT2D eigenvalue weighted by molar-refractivity contribution is 7.90. The average molecular weight is 484 g/mol. The predicted octanol–water partition coefficient (Wildman–Crippen LogP) is 3.46. The molecule has 178 valence electrons. The van der Waals surface area contributed by atoms with Crippen LogP contribution in [-0.4, -0.2) is 40.9 Å². The highest BCUT2D eigenvalue weighted by Crippen LogP contribution is 2.40. The van der Waals surface area contributed by atoms with Crippen LogP contribution in [0.4, 0.5) is 0 Å². The third-order valence-corrected chi connectivity index (χ3v) is 8.00. The highest BCUT2D eigenvalue weighted by atomic mass is 32.2. The zero-order valence-electron chi connectivity index (χ0n) is 18.5. The summed E-state index contributed by atoms with van der Waals surface area (Å²) in [5.41, 5.74) is 0.732. The lowest BCUT2D eigenvalue weighted by Gasteiger charge is -2.38. The van der Waals surface area contributed by atoms with Crippen LogP contribution >= 0.6 is 0 Å². The fourth-order valence-corrected chi connectivity index (χ4v) is 5.64. The molecule has 1 amide bonds. The van der Waals surface area contributed by atoms with Crippen LogP contribution in [0.15, 0.2) is 70.0 Å². The van der Waals surface area contributed by atoms with Crippen molar-refractivity contribution in [2.75, 3.05) is 26.6 Å². The van der Waals surface area contributed by atoms with Crippen molar-refractivity contribution in [1.29, 1.82) is 0 Å². The summed E-state index contributed by atoms with van der Waals surface area (Å²) in [5, 5.41) is 2.97. The summed E-state index contributed by atoms with van der Waals surface area (Å²) in [6.07, 6.45) is 1.48. The van der Waals surface area contributed by atoms with Gasteiger partial charge in [0.15, 0.2) is 27.1 Å². The molecule has 3 aromatic rings. The summed E-state index contributed by atoms with van der Waals surface area (Å²) in [5.74, 6) is 0.989. The lowest BCUT2D eigenvalue weighted by molar-refractivity contribution is 0.0484. The molecule has 1 aromatic heterocycles. The number of rotatable bonds is 7. The minimum Gasteiger partial charge on any atom is -0.455 e. The van der Waals surface area contributed by atoms with Crippen LogP contribution in [0.25, 0.3) is 0 Å². The molecule has 1 fully saturated rings. The maximum absolute atomic E-state index is 12.9.